The van der Waals surface area contributed by atoms with Crippen LogP contribution in [0.25, 0.3) is 17.0 Å². The summed E-state index contributed by atoms with van der Waals surface area (Å²) in [6, 6.07) is 7.51. The van der Waals surface area contributed by atoms with Crippen LogP contribution in [-0.4, -0.2) is 24.8 Å². The quantitative estimate of drug-likeness (QED) is 0.659. The van der Waals surface area contributed by atoms with Crippen LogP contribution >= 0.6 is 11.6 Å². The zero-order valence-electron chi connectivity index (χ0n) is 9.00. The molecular weight excluding hydrogens is 238 g/mol. The van der Waals surface area contributed by atoms with Crippen LogP contribution in [-0.2, 0) is 0 Å². The second-order valence-electron chi connectivity index (χ2n) is 3.58. The summed E-state index contributed by atoms with van der Waals surface area (Å²) in [5.41, 5.74) is 1.54. The molecule has 0 aliphatic rings. The minimum absolute atomic E-state index is 0.485. The summed E-state index contributed by atoms with van der Waals surface area (Å²) in [4.78, 5) is 4.19. The van der Waals surface area contributed by atoms with E-state index in [1.807, 2.05) is 31.2 Å². The normalized spacial score (nSPS) is 10.9. The second kappa shape index (κ2) is 3.78. The smallest absolute Gasteiger partial charge is 0.216 e. The Morgan fingerprint density at radius 1 is 1.18 bits per heavy atom. The van der Waals surface area contributed by atoms with E-state index in [1.165, 1.54) is 0 Å². The molecule has 3 aromatic rings. The molecule has 1 aromatic carbocycles. The number of fused-ring (bicyclic) bond motifs is 1. The largest absolute Gasteiger partial charge is 0.271 e. The molecule has 0 amide bonds. The van der Waals surface area contributed by atoms with Gasteiger partial charge in [-0.25, -0.2) is 4.98 Å². The topological polar surface area (TPSA) is 56.0 Å². The summed E-state index contributed by atoms with van der Waals surface area (Å²) >= 11 is 6.12. The van der Waals surface area contributed by atoms with Crippen LogP contribution in [0.3, 0.4) is 0 Å². The first-order valence-corrected chi connectivity index (χ1v) is 5.43. The van der Waals surface area contributed by atoms with Gasteiger partial charge < -0.3 is 0 Å². The van der Waals surface area contributed by atoms with Gasteiger partial charge in [0.2, 0.25) is 0 Å². The van der Waals surface area contributed by atoms with Gasteiger partial charge in [-0.3, -0.25) is 0 Å². The Kier molecular flexibility index (Phi) is 2.26. The highest BCUT2D eigenvalue weighted by Crippen LogP contribution is 2.25. The molecule has 84 valence electrons. The average Bonchev–Trinajstić information content (AvgIpc) is 2.71. The first-order valence-electron chi connectivity index (χ1n) is 5.05. The molecule has 0 aliphatic carbocycles. The van der Waals surface area contributed by atoms with E-state index in [1.54, 1.807) is 10.7 Å². The number of aryl methyl sites for hydroxylation is 1. The number of hydrogen-bond acceptors (Lipinski definition) is 4. The van der Waals surface area contributed by atoms with Crippen molar-refractivity contribution in [3.8, 4) is 11.3 Å². The van der Waals surface area contributed by atoms with Crippen molar-refractivity contribution in [2.75, 3.05) is 0 Å². The summed E-state index contributed by atoms with van der Waals surface area (Å²) in [7, 11) is 0. The van der Waals surface area contributed by atoms with Gasteiger partial charge in [0.05, 0.1) is 11.2 Å². The number of hydrogen-bond donors (Lipinski definition) is 0. The molecule has 0 fully saturated rings. The van der Waals surface area contributed by atoms with Crippen LogP contribution in [0.15, 0.2) is 30.5 Å². The third-order valence-electron chi connectivity index (χ3n) is 2.44. The molecule has 17 heavy (non-hydrogen) atoms. The predicted molar refractivity (Wildman–Crippen MR) is 63.8 cm³/mol. The molecule has 0 N–H and O–H groups in total. The Bertz CT molecular complexity index is 691. The zero-order valence-corrected chi connectivity index (χ0v) is 9.76. The van der Waals surface area contributed by atoms with Crippen LogP contribution in [0.2, 0.25) is 5.02 Å². The minimum Gasteiger partial charge on any atom is -0.216 e. The van der Waals surface area contributed by atoms with E-state index in [-0.39, 0.29) is 0 Å². The molecule has 0 saturated heterocycles. The summed E-state index contributed by atoms with van der Waals surface area (Å²) in [5.74, 6) is 1.18. The van der Waals surface area contributed by atoms with E-state index >= 15 is 0 Å². The van der Waals surface area contributed by atoms with E-state index in [0.29, 0.717) is 22.3 Å². The molecule has 0 radical (unpaired) electrons. The molecule has 2 aromatic heterocycles. The molecule has 0 atom stereocenters. The maximum atomic E-state index is 6.12. The number of benzene rings is 1. The fourth-order valence-corrected chi connectivity index (χ4v) is 1.82. The molecule has 0 spiro atoms. The summed E-state index contributed by atoms with van der Waals surface area (Å²) in [6.45, 7) is 1.82. The maximum Gasteiger partial charge on any atom is 0.271 e. The Hall–Kier alpha value is -2.01. The predicted octanol–water partition coefficient (Wildman–Crippen LogP) is 2.15. The fraction of sp³-hybridized carbons (Fsp3) is 0.0909. The van der Waals surface area contributed by atoms with Crippen molar-refractivity contribution < 1.29 is 0 Å². The molecule has 3 rings (SSSR count). The van der Waals surface area contributed by atoms with Crippen LogP contribution in [0, 0.1) is 6.92 Å². The Morgan fingerprint density at radius 3 is 2.82 bits per heavy atom. The number of rotatable bonds is 1. The van der Waals surface area contributed by atoms with Gasteiger partial charge >= 0.3 is 0 Å². The third kappa shape index (κ3) is 1.64. The summed E-state index contributed by atoms with van der Waals surface area (Å²) in [6.07, 6.45) is 1.64. The SMILES string of the molecule is Cc1nnc2ncc(-c3ccccc3Cl)nn12. The van der Waals surface area contributed by atoms with Crippen LogP contribution in [0.4, 0.5) is 0 Å². The van der Waals surface area contributed by atoms with Crippen molar-refractivity contribution in [3.05, 3.63) is 41.3 Å². The minimum atomic E-state index is 0.485. The lowest BCUT2D eigenvalue weighted by Crippen LogP contribution is -1.99. The monoisotopic (exact) mass is 245 g/mol. The van der Waals surface area contributed by atoms with Crippen molar-refractivity contribution in [2.24, 2.45) is 0 Å². The molecule has 2 heterocycles. The average molecular weight is 246 g/mol. The van der Waals surface area contributed by atoms with E-state index in [2.05, 4.69) is 20.3 Å². The Morgan fingerprint density at radius 2 is 2.00 bits per heavy atom. The Labute approximate surface area is 102 Å². The molecule has 0 aliphatic heterocycles. The summed E-state index contributed by atoms with van der Waals surface area (Å²) < 4.78 is 1.60. The highest BCUT2D eigenvalue weighted by molar-refractivity contribution is 6.33. The van der Waals surface area contributed by atoms with Crippen molar-refractivity contribution in [1.29, 1.82) is 0 Å². The first-order chi connectivity index (χ1) is 8.25. The van der Waals surface area contributed by atoms with Crippen molar-refractivity contribution in [2.45, 2.75) is 6.92 Å². The van der Waals surface area contributed by atoms with Gasteiger partial charge in [0.1, 0.15) is 5.69 Å². The van der Waals surface area contributed by atoms with Gasteiger partial charge in [0, 0.05) is 5.56 Å². The van der Waals surface area contributed by atoms with Crippen LogP contribution in [0.5, 0.6) is 0 Å². The zero-order chi connectivity index (χ0) is 11.8. The van der Waals surface area contributed by atoms with Crippen molar-refractivity contribution >= 4 is 17.4 Å². The molecule has 6 heteroatoms. The second-order valence-corrected chi connectivity index (χ2v) is 3.99. The molecule has 0 bridgehead atoms. The highest BCUT2D eigenvalue weighted by atomic mass is 35.5. The number of halogens is 1. The summed E-state index contributed by atoms with van der Waals surface area (Å²) in [5, 5.41) is 12.8. The molecule has 5 nitrogen and oxygen atoms in total. The van der Waals surface area contributed by atoms with Gasteiger partial charge in [0.15, 0.2) is 5.82 Å². The standard InChI is InChI=1S/C11H8ClN5/c1-7-14-15-11-13-6-10(16-17(7)11)8-4-2-3-5-9(8)12/h2-6H,1H3. The lowest BCUT2D eigenvalue weighted by atomic mass is 10.2. The van der Waals surface area contributed by atoms with Crippen molar-refractivity contribution in [3.63, 3.8) is 0 Å². The molecule has 0 unspecified atom stereocenters. The van der Waals surface area contributed by atoms with Crippen LogP contribution in [0.1, 0.15) is 5.82 Å². The van der Waals surface area contributed by atoms with E-state index in [4.69, 9.17) is 11.6 Å². The van der Waals surface area contributed by atoms with Gasteiger partial charge in [0.25, 0.3) is 5.78 Å². The lowest BCUT2D eigenvalue weighted by molar-refractivity contribution is 0.863. The van der Waals surface area contributed by atoms with Gasteiger partial charge in [-0.1, -0.05) is 29.8 Å². The molecule has 0 saturated carbocycles. The highest BCUT2D eigenvalue weighted by Gasteiger charge is 2.08. The van der Waals surface area contributed by atoms with E-state index in [0.717, 1.165) is 5.56 Å². The third-order valence-corrected chi connectivity index (χ3v) is 2.77. The lowest BCUT2D eigenvalue weighted by Gasteiger charge is -2.02. The maximum absolute atomic E-state index is 6.12. The molecular formula is C11H8ClN5. The number of aromatic nitrogens is 5. The Balaban J connectivity index is 2.24. The van der Waals surface area contributed by atoms with Gasteiger partial charge in [-0.05, 0) is 13.0 Å². The fourth-order valence-electron chi connectivity index (χ4n) is 1.59. The van der Waals surface area contributed by atoms with Gasteiger partial charge in [-0.15, -0.1) is 10.2 Å². The van der Waals surface area contributed by atoms with Crippen LogP contribution < -0.4 is 0 Å². The van der Waals surface area contributed by atoms with Crippen molar-refractivity contribution in [1.82, 2.24) is 24.8 Å². The van der Waals surface area contributed by atoms with Gasteiger partial charge in [-0.2, -0.15) is 9.61 Å². The number of nitrogens with zero attached hydrogens (tertiary/aromatic N) is 5. The first kappa shape index (κ1) is 10.2. The van der Waals surface area contributed by atoms with E-state index < -0.39 is 0 Å². The van der Waals surface area contributed by atoms with E-state index in [9.17, 15) is 0 Å².